The number of fused-ring (bicyclic) bond motifs is 11. The molecule has 11 aromatic carbocycles. The van der Waals surface area contributed by atoms with Gasteiger partial charge in [0.2, 0.25) is 0 Å². The molecular weight excluding hydrogens is 689 g/mol. The molecule has 0 fully saturated rings. The highest BCUT2D eigenvalue weighted by atomic mass is 16.3. The Bertz CT molecular complexity index is 3480. The van der Waals surface area contributed by atoms with Crippen molar-refractivity contribution in [2.45, 2.75) is 0 Å². The minimum atomic E-state index is 0.894. The Morgan fingerprint density at radius 2 is 0.667 bits per heavy atom. The number of benzene rings is 11. The lowest BCUT2D eigenvalue weighted by Crippen LogP contribution is -1.94. The van der Waals surface area contributed by atoms with Crippen LogP contribution in [0.25, 0.3) is 120 Å². The molecule has 0 saturated heterocycles. The van der Waals surface area contributed by atoms with Gasteiger partial charge in [0, 0.05) is 10.8 Å². The van der Waals surface area contributed by atoms with E-state index in [1.165, 1.54) is 92.8 Å². The Morgan fingerprint density at radius 3 is 1.28 bits per heavy atom. The Kier molecular flexibility index (Phi) is 7.00. The van der Waals surface area contributed by atoms with E-state index in [1.54, 1.807) is 0 Å². The van der Waals surface area contributed by atoms with Gasteiger partial charge in [-0.05, 0) is 123 Å². The molecule has 0 unspecified atom stereocenters. The van der Waals surface area contributed by atoms with E-state index in [9.17, 15) is 0 Å². The highest BCUT2D eigenvalue weighted by Gasteiger charge is 2.22. The standard InChI is InChI=1S/C56H34O/c1-2-16-35(17-3-1)49-33-51-43-23-14-15-29-53(43)57-54(51)34-52(49)56-47-27-12-10-25-45(47)55(46-26-11-13-28-48(46)56)44-24-9-4-18-37(44)36-30-31-42-40-21-6-5-19-38(40)39-20-7-8-22-41(39)50(42)32-36/h1-34H. The molecule has 0 N–H and O–H groups in total. The molecule has 1 heteroatoms. The summed E-state index contributed by atoms with van der Waals surface area (Å²) in [5, 5.41) is 14.8. The summed E-state index contributed by atoms with van der Waals surface area (Å²) in [6, 6.07) is 75.3. The highest BCUT2D eigenvalue weighted by molar-refractivity contribution is 6.27. The van der Waals surface area contributed by atoms with Gasteiger partial charge in [-0.1, -0.05) is 182 Å². The quantitative estimate of drug-likeness (QED) is 0.130. The number of rotatable bonds is 4. The molecule has 1 heterocycles. The zero-order valence-electron chi connectivity index (χ0n) is 31.0. The van der Waals surface area contributed by atoms with E-state index in [1.807, 2.05) is 6.07 Å². The lowest BCUT2D eigenvalue weighted by Gasteiger charge is -2.21. The Hall–Kier alpha value is -7.48. The van der Waals surface area contributed by atoms with Gasteiger partial charge in [-0.15, -0.1) is 0 Å². The summed E-state index contributed by atoms with van der Waals surface area (Å²) in [7, 11) is 0. The first-order chi connectivity index (χ1) is 28.3. The Morgan fingerprint density at radius 1 is 0.211 bits per heavy atom. The third-order valence-corrected chi connectivity index (χ3v) is 12.1. The first-order valence-electron chi connectivity index (χ1n) is 19.7. The van der Waals surface area contributed by atoms with Crippen molar-refractivity contribution in [2.24, 2.45) is 0 Å². The van der Waals surface area contributed by atoms with Crippen LogP contribution in [0.4, 0.5) is 0 Å². The highest BCUT2D eigenvalue weighted by Crippen LogP contribution is 2.49. The summed E-state index contributed by atoms with van der Waals surface area (Å²) in [5.74, 6) is 0. The van der Waals surface area contributed by atoms with Gasteiger partial charge in [0.25, 0.3) is 0 Å². The minimum absolute atomic E-state index is 0.894. The van der Waals surface area contributed by atoms with Gasteiger partial charge in [0.05, 0.1) is 0 Å². The molecule has 0 spiro atoms. The van der Waals surface area contributed by atoms with Crippen LogP contribution in [0.3, 0.4) is 0 Å². The fourth-order valence-corrected chi connectivity index (χ4v) is 9.57. The van der Waals surface area contributed by atoms with Crippen molar-refractivity contribution < 1.29 is 4.42 Å². The second-order valence-corrected chi connectivity index (χ2v) is 15.1. The van der Waals surface area contributed by atoms with E-state index in [2.05, 4.69) is 200 Å². The molecule has 264 valence electrons. The van der Waals surface area contributed by atoms with Crippen LogP contribution in [0, 0.1) is 0 Å². The molecule has 0 atom stereocenters. The largest absolute Gasteiger partial charge is 0.456 e. The number of hydrogen-bond acceptors (Lipinski definition) is 1. The zero-order valence-corrected chi connectivity index (χ0v) is 31.0. The second kappa shape index (κ2) is 12.5. The number of hydrogen-bond donors (Lipinski definition) is 0. The summed E-state index contributed by atoms with van der Waals surface area (Å²) in [5.41, 5.74) is 11.4. The van der Waals surface area contributed by atoms with Crippen LogP contribution in [0.5, 0.6) is 0 Å². The van der Waals surface area contributed by atoms with Crippen molar-refractivity contribution >= 4 is 75.8 Å². The molecule has 12 aromatic rings. The fraction of sp³-hybridized carbons (Fsp3) is 0. The van der Waals surface area contributed by atoms with Gasteiger partial charge in [-0.2, -0.15) is 0 Å². The van der Waals surface area contributed by atoms with Crippen LogP contribution < -0.4 is 0 Å². The smallest absolute Gasteiger partial charge is 0.136 e. The van der Waals surface area contributed by atoms with Crippen molar-refractivity contribution in [3.63, 3.8) is 0 Å². The normalized spacial score (nSPS) is 11.9. The molecule has 0 radical (unpaired) electrons. The summed E-state index contributed by atoms with van der Waals surface area (Å²) >= 11 is 0. The third kappa shape index (κ3) is 4.83. The molecule has 0 saturated carbocycles. The van der Waals surface area contributed by atoms with Gasteiger partial charge >= 0.3 is 0 Å². The predicted molar refractivity (Wildman–Crippen MR) is 243 cm³/mol. The van der Waals surface area contributed by atoms with E-state index in [4.69, 9.17) is 4.42 Å². The van der Waals surface area contributed by atoms with Gasteiger partial charge < -0.3 is 4.42 Å². The average molecular weight is 723 g/mol. The van der Waals surface area contributed by atoms with Crippen molar-refractivity contribution in [2.75, 3.05) is 0 Å². The maximum atomic E-state index is 6.57. The Labute approximate surface area is 329 Å². The summed E-state index contributed by atoms with van der Waals surface area (Å²) in [4.78, 5) is 0. The molecular formula is C56H34O. The van der Waals surface area contributed by atoms with E-state index in [-0.39, 0.29) is 0 Å². The molecule has 0 aliphatic heterocycles. The molecule has 0 amide bonds. The summed E-state index contributed by atoms with van der Waals surface area (Å²) in [6.07, 6.45) is 0. The van der Waals surface area contributed by atoms with Crippen LogP contribution in [0.15, 0.2) is 211 Å². The van der Waals surface area contributed by atoms with Crippen molar-refractivity contribution in [3.05, 3.63) is 206 Å². The lowest BCUT2D eigenvalue weighted by molar-refractivity contribution is 0.669. The molecule has 0 aliphatic carbocycles. The predicted octanol–water partition coefficient (Wildman–Crippen LogP) is 16.0. The monoisotopic (exact) mass is 722 g/mol. The van der Waals surface area contributed by atoms with Crippen LogP contribution in [0.1, 0.15) is 0 Å². The topological polar surface area (TPSA) is 13.1 Å². The zero-order chi connectivity index (χ0) is 37.5. The maximum Gasteiger partial charge on any atom is 0.136 e. The van der Waals surface area contributed by atoms with Crippen molar-refractivity contribution in [1.29, 1.82) is 0 Å². The molecule has 1 aromatic heterocycles. The van der Waals surface area contributed by atoms with E-state index >= 15 is 0 Å². The van der Waals surface area contributed by atoms with Crippen LogP contribution in [-0.2, 0) is 0 Å². The number of furan rings is 1. The van der Waals surface area contributed by atoms with E-state index in [0.717, 1.165) is 27.5 Å². The average Bonchev–Trinajstić information content (AvgIpc) is 3.65. The summed E-state index contributed by atoms with van der Waals surface area (Å²) < 4.78 is 6.57. The van der Waals surface area contributed by atoms with Gasteiger partial charge in [0.1, 0.15) is 11.2 Å². The van der Waals surface area contributed by atoms with Gasteiger partial charge in [-0.25, -0.2) is 0 Å². The molecule has 1 nitrogen and oxygen atoms in total. The minimum Gasteiger partial charge on any atom is -0.456 e. The van der Waals surface area contributed by atoms with E-state index in [0.29, 0.717) is 0 Å². The molecule has 12 rings (SSSR count). The fourth-order valence-electron chi connectivity index (χ4n) is 9.57. The molecule has 0 bridgehead atoms. The van der Waals surface area contributed by atoms with Crippen molar-refractivity contribution in [3.8, 4) is 44.5 Å². The first kappa shape index (κ1) is 31.8. The third-order valence-electron chi connectivity index (χ3n) is 12.1. The van der Waals surface area contributed by atoms with Crippen LogP contribution in [-0.4, -0.2) is 0 Å². The van der Waals surface area contributed by atoms with E-state index < -0.39 is 0 Å². The van der Waals surface area contributed by atoms with Gasteiger partial charge in [-0.3, -0.25) is 0 Å². The lowest BCUT2D eigenvalue weighted by atomic mass is 9.82. The SMILES string of the molecule is c1ccc(-c2cc3c(cc2-c2c4ccccc4c(-c4ccccc4-c4ccc5c6ccccc6c6ccccc6c5c4)c4ccccc24)oc2ccccc23)cc1. The molecule has 57 heavy (non-hydrogen) atoms. The van der Waals surface area contributed by atoms with Gasteiger partial charge in [0.15, 0.2) is 0 Å². The van der Waals surface area contributed by atoms with Crippen molar-refractivity contribution in [1.82, 2.24) is 0 Å². The summed E-state index contributed by atoms with van der Waals surface area (Å²) in [6.45, 7) is 0. The maximum absolute atomic E-state index is 6.57. The molecule has 0 aliphatic rings. The second-order valence-electron chi connectivity index (χ2n) is 15.1. The van der Waals surface area contributed by atoms with Crippen LogP contribution in [0.2, 0.25) is 0 Å². The van der Waals surface area contributed by atoms with Crippen LogP contribution >= 0.6 is 0 Å². The number of para-hydroxylation sites is 1. The first-order valence-corrected chi connectivity index (χ1v) is 19.7. The Balaban J connectivity index is 1.15.